The van der Waals surface area contributed by atoms with Crippen LogP contribution in [0.5, 0.6) is 5.75 Å². The largest absolute Gasteiger partial charge is 0.493 e. The van der Waals surface area contributed by atoms with Crippen molar-refractivity contribution in [1.82, 2.24) is 29.2 Å². The van der Waals surface area contributed by atoms with Gasteiger partial charge in [-0.2, -0.15) is 9.78 Å². The zero-order valence-corrected chi connectivity index (χ0v) is 21.4. The summed E-state index contributed by atoms with van der Waals surface area (Å²) in [6, 6.07) is 7.17. The number of benzene rings is 1. The molecule has 0 amide bonds. The first-order valence-corrected chi connectivity index (χ1v) is 12.5. The lowest BCUT2D eigenvalue weighted by atomic mass is 10.0. The van der Waals surface area contributed by atoms with Crippen LogP contribution < -0.4 is 20.4 Å². The number of hydrogen-bond acceptors (Lipinski definition) is 9. The number of nitrogens with zero attached hydrogens (tertiary/aromatic N) is 9. The molecule has 2 aliphatic heterocycles. The van der Waals surface area contributed by atoms with E-state index in [0.717, 1.165) is 54.4 Å². The van der Waals surface area contributed by atoms with Crippen molar-refractivity contribution < 1.29 is 9.13 Å². The fourth-order valence-electron chi connectivity index (χ4n) is 5.18. The number of halogens is 1. The molecule has 0 saturated carbocycles. The molecule has 0 unspecified atom stereocenters. The molecule has 2 aliphatic rings. The molecule has 0 atom stereocenters. The van der Waals surface area contributed by atoms with Gasteiger partial charge in [-0.05, 0) is 31.3 Å². The van der Waals surface area contributed by atoms with Crippen LogP contribution in [0.2, 0.25) is 0 Å². The van der Waals surface area contributed by atoms with Crippen LogP contribution in [0.3, 0.4) is 0 Å². The monoisotopic (exact) mass is 516 g/mol. The van der Waals surface area contributed by atoms with E-state index in [-0.39, 0.29) is 12.4 Å². The minimum absolute atomic E-state index is 0.258. The number of pyridine rings is 1. The van der Waals surface area contributed by atoms with E-state index in [9.17, 15) is 4.39 Å². The first kappa shape index (κ1) is 24.0. The second-order valence-electron chi connectivity index (χ2n) is 9.37. The van der Waals surface area contributed by atoms with Crippen molar-refractivity contribution in [3.05, 3.63) is 59.2 Å². The number of fused-ring (bicyclic) bond motifs is 2. The molecule has 11 nitrogen and oxygen atoms in total. The van der Waals surface area contributed by atoms with E-state index in [1.165, 1.54) is 6.07 Å². The van der Waals surface area contributed by atoms with Gasteiger partial charge < -0.3 is 19.9 Å². The van der Waals surface area contributed by atoms with E-state index < -0.39 is 0 Å². The Morgan fingerprint density at radius 1 is 1.13 bits per heavy atom. The number of nitrogens with one attached hydrogen (secondary N) is 1. The minimum atomic E-state index is -0.269. The standard InChI is InChI=1S/C26H29FN10O/c1-28-24-18(4-7-23(37(24)29-2)35-11-9-34(3)10-12-35)20-15-31-26(36-16-32-33-25(20)36)30-14-19-17-8-13-38-22(17)6-5-21(19)27/h4-7,15-16H,2,8-14H2,1,3H3,(H,30,31)/b28-24-. The average Bonchev–Trinajstić information content (AvgIpc) is 3.62. The number of piperazine rings is 1. The average molecular weight is 517 g/mol. The van der Waals surface area contributed by atoms with Crippen LogP contribution in [-0.4, -0.2) is 82.8 Å². The van der Waals surface area contributed by atoms with Crippen molar-refractivity contribution in [3.63, 3.8) is 0 Å². The lowest BCUT2D eigenvalue weighted by Crippen LogP contribution is -2.46. The molecule has 1 saturated heterocycles. The summed E-state index contributed by atoms with van der Waals surface area (Å²) < 4.78 is 23.8. The minimum Gasteiger partial charge on any atom is -0.493 e. The summed E-state index contributed by atoms with van der Waals surface area (Å²) in [6.45, 7) is 8.36. The quantitative estimate of drug-likeness (QED) is 0.392. The maximum Gasteiger partial charge on any atom is 0.210 e. The first-order chi connectivity index (χ1) is 18.6. The number of aromatic nitrogens is 5. The summed E-state index contributed by atoms with van der Waals surface area (Å²) in [4.78, 5) is 13.8. The fourth-order valence-corrected chi connectivity index (χ4v) is 5.18. The molecule has 0 aliphatic carbocycles. The second-order valence-corrected chi connectivity index (χ2v) is 9.37. The zero-order chi connectivity index (χ0) is 26.2. The molecule has 4 aromatic rings. The molecule has 1 N–H and O–H groups in total. The summed E-state index contributed by atoms with van der Waals surface area (Å²) in [7, 11) is 3.86. The number of hydrogen-bond donors (Lipinski definition) is 1. The van der Waals surface area contributed by atoms with Crippen LogP contribution in [0.15, 0.2) is 46.9 Å². The zero-order valence-electron chi connectivity index (χ0n) is 21.4. The molecule has 3 aromatic heterocycles. The van der Waals surface area contributed by atoms with Crippen LogP contribution in [-0.2, 0) is 13.0 Å². The van der Waals surface area contributed by atoms with E-state index in [0.29, 0.717) is 35.7 Å². The van der Waals surface area contributed by atoms with Crippen LogP contribution in [0.4, 0.5) is 16.2 Å². The van der Waals surface area contributed by atoms with Crippen LogP contribution in [0, 0.1) is 5.82 Å². The molecule has 196 valence electrons. The lowest BCUT2D eigenvalue weighted by molar-refractivity contribution is 0.311. The van der Waals surface area contributed by atoms with Gasteiger partial charge in [0.25, 0.3) is 0 Å². The van der Waals surface area contributed by atoms with Gasteiger partial charge in [-0.1, -0.05) is 0 Å². The normalized spacial score (nSPS) is 16.1. The summed E-state index contributed by atoms with van der Waals surface area (Å²) in [6.07, 6.45) is 4.00. The topological polar surface area (TPSA) is 100 Å². The van der Waals surface area contributed by atoms with Crippen LogP contribution >= 0.6 is 0 Å². The third kappa shape index (κ3) is 4.06. The molecule has 6 rings (SSSR count). The summed E-state index contributed by atoms with van der Waals surface area (Å²) >= 11 is 0. The van der Waals surface area contributed by atoms with Gasteiger partial charge in [0, 0.05) is 81.4 Å². The second kappa shape index (κ2) is 9.86. The molecule has 0 bridgehead atoms. The van der Waals surface area contributed by atoms with Gasteiger partial charge >= 0.3 is 0 Å². The molecule has 12 heteroatoms. The highest BCUT2D eigenvalue weighted by Crippen LogP contribution is 2.31. The molecule has 5 heterocycles. The Morgan fingerprint density at radius 3 is 2.76 bits per heavy atom. The first-order valence-electron chi connectivity index (χ1n) is 12.5. The van der Waals surface area contributed by atoms with Gasteiger partial charge in [0.1, 0.15) is 23.7 Å². The predicted molar refractivity (Wildman–Crippen MR) is 143 cm³/mol. The van der Waals surface area contributed by atoms with Crippen molar-refractivity contribution >= 4 is 24.1 Å². The van der Waals surface area contributed by atoms with Crippen LogP contribution in [0.1, 0.15) is 11.1 Å². The number of likely N-dealkylation sites (N-methyl/N-ethyl adjacent to an activating group) is 1. The smallest absolute Gasteiger partial charge is 0.210 e. The van der Waals surface area contributed by atoms with E-state index in [2.05, 4.69) is 54.2 Å². The van der Waals surface area contributed by atoms with E-state index >= 15 is 0 Å². The molecule has 38 heavy (non-hydrogen) atoms. The van der Waals surface area contributed by atoms with Crippen molar-refractivity contribution in [2.45, 2.75) is 13.0 Å². The molecular weight excluding hydrogens is 487 g/mol. The number of rotatable bonds is 6. The highest BCUT2D eigenvalue weighted by Gasteiger charge is 2.22. The Morgan fingerprint density at radius 2 is 1.97 bits per heavy atom. The Labute approximate surface area is 218 Å². The van der Waals surface area contributed by atoms with Gasteiger partial charge in [0.2, 0.25) is 5.95 Å². The summed E-state index contributed by atoms with van der Waals surface area (Å²) in [5, 5.41) is 16.0. The Bertz CT molecular complexity index is 1590. The number of anilines is 2. The highest BCUT2D eigenvalue weighted by atomic mass is 19.1. The van der Waals surface area contributed by atoms with Crippen molar-refractivity contribution in [2.75, 3.05) is 57.1 Å². The van der Waals surface area contributed by atoms with Gasteiger partial charge in [-0.15, -0.1) is 10.2 Å². The van der Waals surface area contributed by atoms with Crippen molar-refractivity contribution in [2.24, 2.45) is 10.1 Å². The Hall–Kier alpha value is -4.32. The van der Waals surface area contributed by atoms with E-state index in [1.54, 1.807) is 34.7 Å². The fraction of sp³-hybridized carbons (Fsp3) is 0.346. The third-order valence-electron chi connectivity index (χ3n) is 7.22. The van der Waals surface area contributed by atoms with Gasteiger partial charge in [0.05, 0.1) is 6.61 Å². The molecular formula is C26H29FN10O. The summed E-state index contributed by atoms with van der Waals surface area (Å²) in [5.74, 6) is 1.90. The van der Waals surface area contributed by atoms with Gasteiger partial charge in [-0.25, -0.2) is 9.37 Å². The third-order valence-corrected chi connectivity index (χ3v) is 7.22. The van der Waals surface area contributed by atoms with Gasteiger partial charge in [-0.3, -0.25) is 9.39 Å². The molecule has 1 fully saturated rings. The predicted octanol–water partition coefficient (Wildman–Crippen LogP) is 2.02. The Balaban J connectivity index is 1.36. The Kier molecular flexibility index (Phi) is 6.24. The van der Waals surface area contributed by atoms with Crippen LogP contribution in [0.25, 0.3) is 16.8 Å². The SMILES string of the molecule is C=Nn1c(N2CCN(C)CC2)ccc(-c2cnc(NCc3c(F)ccc4c3CCO4)n3cnnc23)/c1=N/C. The highest BCUT2D eigenvalue weighted by molar-refractivity contribution is 5.77. The van der Waals surface area contributed by atoms with Gasteiger partial charge in [0.15, 0.2) is 11.1 Å². The summed E-state index contributed by atoms with van der Waals surface area (Å²) in [5.41, 5.74) is 4.26. The lowest BCUT2D eigenvalue weighted by Gasteiger charge is -2.34. The van der Waals surface area contributed by atoms with Crippen molar-refractivity contribution in [1.29, 1.82) is 0 Å². The maximum atomic E-state index is 14.6. The molecule has 0 spiro atoms. The molecule has 1 aromatic carbocycles. The number of ether oxygens (including phenoxy) is 1. The molecule has 0 radical (unpaired) electrons. The van der Waals surface area contributed by atoms with Crippen molar-refractivity contribution in [3.8, 4) is 16.9 Å². The van der Waals surface area contributed by atoms with E-state index in [4.69, 9.17) is 4.74 Å². The van der Waals surface area contributed by atoms with E-state index in [1.807, 2.05) is 12.1 Å². The maximum absolute atomic E-state index is 14.6.